The van der Waals surface area contributed by atoms with Crippen molar-refractivity contribution in [1.82, 2.24) is 4.98 Å². The molecule has 2 N–H and O–H groups in total. The molecule has 0 aromatic carbocycles. The van der Waals surface area contributed by atoms with E-state index in [0.29, 0.717) is 12.8 Å². The second-order valence-corrected chi connectivity index (χ2v) is 6.27. The quantitative estimate of drug-likeness (QED) is 0.430. The lowest BCUT2D eigenvalue weighted by Crippen LogP contribution is -2.31. The van der Waals surface area contributed by atoms with Gasteiger partial charge >= 0.3 is 12.1 Å². The molecule has 1 aliphatic carbocycles. The first kappa shape index (κ1) is 19.6. The number of hydrogen-bond donors (Lipinski definition) is 1. The SMILES string of the molecule is NC(=O)c1cc(Cl)c(Cl)nc1OCCCC1(OC(=O)C(F)(F)F)CC1. The van der Waals surface area contributed by atoms with Crippen molar-refractivity contribution in [3.63, 3.8) is 0 Å². The van der Waals surface area contributed by atoms with Crippen LogP contribution in [0.2, 0.25) is 10.2 Å². The first-order valence-electron chi connectivity index (χ1n) is 7.13. The minimum atomic E-state index is -5.02. The van der Waals surface area contributed by atoms with E-state index in [1.54, 1.807) is 0 Å². The lowest BCUT2D eigenvalue weighted by Gasteiger charge is -2.17. The highest BCUT2D eigenvalue weighted by Gasteiger charge is 2.52. The van der Waals surface area contributed by atoms with Gasteiger partial charge in [-0.25, -0.2) is 4.79 Å². The van der Waals surface area contributed by atoms with Crippen molar-refractivity contribution < 1.29 is 32.2 Å². The number of aromatic nitrogens is 1. The third-order valence-corrected chi connectivity index (χ3v) is 4.20. The maximum atomic E-state index is 12.2. The molecule has 6 nitrogen and oxygen atoms in total. The number of primary amides is 1. The second-order valence-electron chi connectivity index (χ2n) is 5.50. The third-order valence-electron chi connectivity index (χ3n) is 3.53. The minimum Gasteiger partial charge on any atom is -0.477 e. The van der Waals surface area contributed by atoms with E-state index in [-0.39, 0.29) is 41.1 Å². The fourth-order valence-electron chi connectivity index (χ4n) is 2.10. The predicted molar refractivity (Wildman–Crippen MR) is 81.6 cm³/mol. The largest absolute Gasteiger partial charge is 0.490 e. The van der Waals surface area contributed by atoms with E-state index in [2.05, 4.69) is 9.72 Å². The summed E-state index contributed by atoms with van der Waals surface area (Å²) in [4.78, 5) is 26.0. The highest BCUT2D eigenvalue weighted by molar-refractivity contribution is 6.41. The molecule has 0 bridgehead atoms. The molecule has 0 atom stereocenters. The van der Waals surface area contributed by atoms with Gasteiger partial charge in [-0.2, -0.15) is 18.2 Å². The van der Waals surface area contributed by atoms with Gasteiger partial charge in [0, 0.05) is 0 Å². The fourth-order valence-corrected chi connectivity index (χ4v) is 2.38. The molecule has 0 saturated heterocycles. The first-order chi connectivity index (χ1) is 11.5. The number of rotatable bonds is 7. The van der Waals surface area contributed by atoms with E-state index in [9.17, 15) is 22.8 Å². The number of hydrogen-bond acceptors (Lipinski definition) is 5. The maximum Gasteiger partial charge on any atom is 0.490 e. The van der Waals surface area contributed by atoms with E-state index in [1.807, 2.05) is 0 Å². The van der Waals surface area contributed by atoms with Gasteiger partial charge in [-0.05, 0) is 31.7 Å². The van der Waals surface area contributed by atoms with Gasteiger partial charge in [0.1, 0.15) is 11.2 Å². The summed E-state index contributed by atoms with van der Waals surface area (Å²) in [5.74, 6) is -3.15. The molecule has 0 aliphatic heterocycles. The van der Waals surface area contributed by atoms with Gasteiger partial charge in [0.15, 0.2) is 5.15 Å². The van der Waals surface area contributed by atoms with Crippen LogP contribution in [0.4, 0.5) is 13.2 Å². The highest BCUT2D eigenvalue weighted by atomic mass is 35.5. The van der Waals surface area contributed by atoms with E-state index in [4.69, 9.17) is 33.7 Å². The van der Waals surface area contributed by atoms with Crippen molar-refractivity contribution in [1.29, 1.82) is 0 Å². The Hall–Kier alpha value is -1.74. The molecule has 0 radical (unpaired) electrons. The van der Waals surface area contributed by atoms with Gasteiger partial charge in [-0.3, -0.25) is 4.79 Å². The maximum absolute atomic E-state index is 12.2. The standard InChI is InChI=1S/C14H13Cl2F3N2O4/c15-8-6-7(10(20)22)11(21-9(8)16)24-5-1-2-13(3-4-13)25-12(23)14(17,18)19/h6H,1-5H2,(H2,20,22). The van der Waals surface area contributed by atoms with Gasteiger partial charge in [-0.1, -0.05) is 23.2 Å². The zero-order valence-electron chi connectivity index (χ0n) is 12.7. The number of carbonyl (C=O) groups excluding carboxylic acids is 2. The summed E-state index contributed by atoms with van der Waals surface area (Å²) in [6, 6.07) is 1.21. The van der Waals surface area contributed by atoms with Crippen molar-refractivity contribution in [2.24, 2.45) is 5.73 Å². The molecule has 1 aromatic rings. The Morgan fingerprint density at radius 1 is 1.32 bits per heavy atom. The van der Waals surface area contributed by atoms with Crippen LogP contribution in [0.5, 0.6) is 5.88 Å². The van der Waals surface area contributed by atoms with Gasteiger partial charge < -0.3 is 15.2 Å². The molecule has 25 heavy (non-hydrogen) atoms. The molecular formula is C14H13Cl2F3N2O4. The molecule has 138 valence electrons. The summed E-state index contributed by atoms with van der Waals surface area (Å²) in [5, 5.41) is -0.0572. The summed E-state index contributed by atoms with van der Waals surface area (Å²) in [6.45, 7) is 0.0105. The second kappa shape index (κ2) is 7.25. The summed E-state index contributed by atoms with van der Waals surface area (Å²) >= 11 is 11.5. The Bertz CT molecular complexity index is 693. The average molecular weight is 401 g/mol. The van der Waals surface area contributed by atoms with Crippen LogP contribution < -0.4 is 10.5 Å². The average Bonchev–Trinajstić information content (AvgIpc) is 3.25. The number of esters is 1. The van der Waals surface area contributed by atoms with Crippen molar-refractivity contribution >= 4 is 35.1 Å². The van der Waals surface area contributed by atoms with Gasteiger partial charge in [-0.15, -0.1) is 0 Å². The number of ether oxygens (including phenoxy) is 2. The van der Waals surface area contributed by atoms with Crippen LogP contribution in [0.3, 0.4) is 0 Å². The van der Waals surface area contributed by atoms with Crippen LogP contribution in [0.25, 0.3) is 0 Å². The number of halogens is 5. The van der Waals surface area contributed by atoms with Crippen LogP contribution in [-0.4, -0.2) is 35.2 Å². The Balaban J connectivity index is 1.89. The first-order valence-corrected chi connectivity index (χ1v) is 7.88. The van der Waals surface area contributed by atoms with E-state index in [1.165, 1.54) is 6.07 Å². The number of pyridine rings is 1. The van der Waals surface area contributed by atoms with Crippen LogP contribution >= 0.6 is 23.2 Å². The van der Waals surface area contributed by atoms with Gasteiger partial charge in [0.25, 0.3) is 5.91 Å². The predicted octanol–water partition coefficient (Wildman–Crippen LogP) is 3.28. The molecular weight excluding hydrogens is 388 g/mol. The number of amides is 1. The molecule has 1 aliphatic rings. The van der Waals surface area contributed by atoms with E-state index in [0.717, 1.165) is 0 Å². The summed E-state index contributed by atoms with van der Waals surface area (Å²) in [5.41, 5.74) is 4.01. The van der Waals surface area contributed by atoms with Crippen molar-refractivity contribution in [2.45, 2.75) is 37.5 Å². The topological polar surface area (TPSA) is 91.5 Å². The van der Waals surface area contributed by atoms with Crippen LogP contribution in [0, 0.1) is 0 Å². The molecule has 1 aromatic heterocycles. The molecule has 1 amide bonds. The molecule has 1 fully saturated rings. The number of nitrogens with two attached hydrogens (primary N) is 1. The van der Waals surface area contributed by atoms with Gasteiger partial charge in [0.05, 0.1) is 11.6 Å². The Labute approximate surface area is 150 Å². The number of nitrogens with zero attached hydrogens (tertiary/aromatic N) is 1. The van der Waals surface area contributed by atoms with Crippen molar-refractivity contribution in [3.05, 3.63) is 21.8 Å². The zero-order valence-corrected chi connectivity index (χ0v) is 14.2. The minimum absolute atomic E-state index is 0.0105. The molecule has 1 saturated carbocycles. The van der Waals surface area contributed by atoms with Crippen LogP contribution in [0.15, 0.2) is 6.07 Å². The van der Waals surface area contributed by atoms with E-state index < -0.39 is 23.7 Å². The third kappa shape index (κ3) is 5.12. The lowest BCUT2D eigenvalue weighted by molar-refractivity contribution is -0.207. The van der Waals surface area contributed by atoms with Crippen molar-refractivity contribution in [2.75, 3.05) is 6.61 Å². The lowest BCUT2D eigenvalue weighted by atomic mass is 10.2. The Kier molecular flexibility index (Phi) is 5.68. The normalized spacial score (nSPS) is 15.6. The summed E-state index contributed by atoms with van der Waals surface area (Å²) in [6.07, 6.45) is -3.86. The summed E-state index contributed by atoms with van der Waals surface area (Å²) < 4.78 is 46.5. The van der Waals surface area contributed by atoms with Gasteiger partial charge in [0.2, 0.25) is 5.88 Å². The highest BCUT2D eigenvalue weighted by Crippen LogP contribution is 2.45. The summed E-state index contributed by atoms with van der Waals surface area (Å²) in [7, 11) is 0. The number of carbonyl (C=O) groups is 2. The van der Waals surface area contributed by atoms with Crippen LogP contribution in [0.1, 0.15) is 36.0 Å². The van der Waals surface area contributed by atoms with E-state index >= 15 is 0 Å². The molecule has 2 rings (SSSR count). The molecule has 1 heterocycles. The Morgan fingerprint density at radius 2 is 1.96 bits per heavy atom. The molecule has 11 heteroatoms. The van der Waals surface area contributed by atoms with Crippen molar-refractivity contribution in [3.8, 4) is 5.88 Å². The number of alkyl halides is 3. The van der Waals surface area contributed by atoms with Crippen LogP contribution in [-0.2, 0) is 9.53 Å². The molecule has 0 unspecified atom stereocenters. The smallest absolute Gasteiger partial charge is 0.477 e. The fraction of sp³-hybridized carbons (Fsp3) is 0.500. The molecule has 0 spiro atoms. The Morgan fingerprint density at radius 3 is 2.48 bits per heavy atom. The zero-order chi connectivity index (χ0) is 18.8. The monoisotopic (exact) mass is 400 g/mol.